The van der Waals surface area contributed by atoms with E-state index < -0.39 is 5.97 Å². The molecule has 0 bridgehead atoms. The third-order valence-electron chi connectivity index (χ3n) is 2.14. The molecular formula is C14H16N2O3. The average molecular weight is 260 g/mol. The van der Waals surface area contributed by atoms with Crippen molar-refractivity contribution in [1.82, 2.24) is 0 Å². The lowest BCUT2D eigenvalue weighted by Crippen LogP contribution is -2.07. The fourth-order valence-electron chi connectivity index (χ4n) is 1.34. The Hall–Kier alpha value is -2.48. The molecule has 19 heavy (non-hydrogen) atoms. The number of nitrogens with one attached hydrogen (secondary N) is 1. The molecule has 0 aliphatic carbocycles. The van der Waals surface area contributed by atoms with E-state index in [-0.39, 0.29) is 12.2 Å². The summed E-state index contributed by atoms with van der Waals surface area (Å²) in [6, 6.07) is 9.02. The van der Waals surface area contributed by atoms with Crippen molar-refractivity contribution >= 4 is 11.7 Å². The molecule has 0 atom stereocenters. The molecule has 0 saturated heterocycles. The van der Waals surface area contributed by atoms with E-state index in [4.69, 9.17) is 14.7 Å². The molecule has 0 aliphatic rings. The number of hydrogen-bond donors (Lipinski definition) is 1. The number of nitriles is 1. The molecule has 0 spiro atoms. The Morgan fingerprint density at radius 3 is 2.84 bits per heavy atom. The van der Waals surface area contributed by atoms with Crippen molar-refractivity contribution in [3.05, 3.63) is 36.0 Å². The zero-order valence-corrected chi connectivity index (χ0v) is 11.0. The fourth-order valence-corrected chi connectivity index (χ4v) is 1.34. The lowest BCUT2D eigenvalue weighted by Gasteiger charge is -2.06. The molecule has 0 heterocycles. The first-order chi connectivity index (χ1) is 9.21. The van der Waals surface area contributed by atoms with Gasteiger partial charge in [0.1, 0.15) is 11.8 Å². The molecule has 0 radical (unpaired) electrons. The van der Waals surface area contributed by atoms with Crippen molar-refractivity contribution in [3.8, 4) is 11.8 Å². The maximum atomic E-state index is 11.4. The minimum Gasteiger partial charge on any atom is -0.494 e. The molecule has 0 fully saturated rings. The highest BCUT2D eigenvalue weighted by atomic mass is 16.5. The van der Waals surface area contributed by atoms with Crippen LogP contribution in [0.1, 0.15) is 13.8 Å². The molecular weight excluding hydrogens is 244 g/mol. The zero-order valence-electron chi connectivity index (χ0n) is 11.0. The van der Waals surface area contributed by atoms with Gasteiger partial charge in [-0.05, 0) is 26.0 Å². The molecule has 1 N–H and O–H groups in total. The van der Waals surface area contributed by atoms with E-state index >= 15 is 0 Å². The normalized spacial score (nSPS) is 10.5. The second-order valence-corrected chi connectivity index (χ2v) is 3.50. The standard InChI is InChI=1S/C14H16N2O3/c1-3-18-13-7-5-6-12(8-13)16-10-11(9-15)14(17)19-4-2/h5-8,10,16H,3-4H2,1-2H3/b11-10-. The van der Waals surface area contributed by atoms with Gasteiger partial charge in [-0.15, -0.1) is 0 Å². The highest BCUT2D eigenvalue weighted by molar-refractivity contribution is 5.93. The monoisotopic (exact) mass is 260 g/mol. The van der Waals surface area contributed by atoms with Crippen molar-refractivity contribution in [3.63, 3.8) is 0 Å². The van der Waals surface area contributed by atoms with Gasteiger partial charge in [0, 0.05) is 18.0 Å². The number of carbonyl (C=O) groups is 1. The van der Waals surface area contributed by atoms with Crippen LogP contribution in [0.3, 0.4) is 0 Å². The summed E-state index contributed by atoms with van der Waals surface area (Å²) in [5.41, 5.74) is 0.645. The average Bonchev–Trinajstić information content (AvgIpc) is 2.40. The Labute approximate surface area is 112 Å². The molecule has 0 aliphatic heterocycles. The van der Waals surface area contributed by atoms with E-state index in [0.717, 1.165) is 11.4 Å². The third-order valence-corrected chi connectivity index (χ3v) is 2.14. The van der Waals surface area contributed by atoms with Crippen LogP contribution in [-0.2, 0) is 9.53 Å². The van der Waals surface area contributed by atoms with Gasteiger partial charge in [-0.3, -0.25) is 0 Å². The number of carbonyl (C=O) groups excluding carboxylic acids is 1. The Bertz CT molecular complexity index is 504. The number of esters is 1. The number of benzene rings is 1. The SMILES string of the molecule is CCOC(=O)/C(C#N)=C\Nc1cccc(OCC)c1. The van der Waals surface area contributed by atoms with Gasteiger partial charge in [0.15, 0.2) is 5.57 Å². The summed E-state index contributed by atoms with van der Waals surface area (Å²) in [6.07, 6.45) is 1.32. The molecule has 1 aromatic carbocycles. The van der Waals surface area contributed by atoms with Crippen LogP contribution in [0.5, 0.6) is 5.75 Å². The number of hydrogen-bond acceptors (Lipinski definition) is 5. The molecule has 1 rings (SSSR count). The van der Waals surface area contributed by atoms with Crippen molar-refractivity contribution in [2.75, 3.05) is 18.5 Å². The molecule has 5 nitrogen and oxygen atoms in total. The van der Waals surface area contributed by atoms with Gasteiger partial charge in [-0.25, -0.2) is 4.79 Å². The minimum absolute atomic E-state index is 0.0799. The van der Waals surface area contributed by atoms with Crippen molar-refractivity contribution in [1.29, 1.82) is 5.26 Å². The van der Waals surface area contributed by atoms with E-state index in [0.29, 0.717) is 6.61 Å². The van der Waals surface area contributed by atoms with Crippen LogP contribution in [0.25, 0.3) is 0 Å². The van der Waals surface area contributed by atoms with Gasteiger partial charge >= 0.3 is 5.97 Å². The summed E-state index contributed by atoms with van der Waals surface area (Å²) < 4.78 is 10.1. The zero-order chi connectivity index (χ0) is 14.1. The van der Waals surface area contributed by atoms with Gasteiger partial charge in [-0.1, -0.05) is 6.07 Å². The van der Waals surface area contributed by atoms with E-state index in [1.807, 2.05) is 19.1 Å². The lowest BCUT2D eigenvalue weighted by atomic mass is 10.3. The van der Waals surface area contributed by atoms with E-state index in [9.17, 15) is 4.79 Å². The fraction of sp³-hybridized carbons (Fsp3) is 0.286. The van der Waals surface area contributed by atoms with Gasteiger partial charge in [-0.2, -0.15) is 5.26 Å². The maximum absolute atomic E-state index is 11.4. The Balaban J connectivity index is 2.76. The molecule has 100 valence electrons. The predicted molar refractivity (Wildman–Crippen MR) is 71.6 cm³/mol. The highest BCUT2D eigenvalue weighted by Gasteiger charge is 2.09. The molecule has 1 aromatic rings. The Morgan fingerprint density at radius 2 is 2.21 bits per heavy atom. The maximum Gasteiger partial charge on any atom is 0.350 e. The Kier molecular flexibility index (Phi) is 5.96. The third kappa shape index (κ3) is 4.72. The van der Waals surface area contributed by atoms with Crippen LogP contribution in [0.4, 0.5) is 5.69 Å². The summed E-state index contributed by atoms with van der Waals surface area (Å²) in [7, 11) is 0. The van der Waals surface area contributed by atoms with Gasteiger partial charge < -0.3 is 14.8 Å². The van der Waals surface area contributed by atoms with Crippen LogP contribution < -0.4 is 10.1 Å². The number of ether oxygens (including phenoxy) is 2. The minimum atomic E-state index is -0.640. The molecule has 0 saturated carbocycles. The lowest BCUT2D eigenvalue weighted by molar-refractivity contribution is -0.138. The van der Waals surface area contributed by atoms with Gasteiger partial charge in [0.05, 0.1) is 13.2 Å². The summed E-state index contributed by atoms with van der Waals surface area (Å²) in [5, 5.41) is 11.7. The van der Waals surface area contributed by atoms with Crippen molar-refractivity contribution in [2.24, 2.45) is 0 Å². The van der Waals surface area contributed by atoms with Gasteiger partial charge in [0.25, 0.3) is 0 Å². The highest BCUT2D eigenvalue weighted by Crippen LogP contribution is 2.17. The summed E-state index contributed by atoms with van der Waals surface area (Å²) >= 11 is 0. The topological polar surface area (TPSA) is 71.4 Å². The van der Waals surface area contributed by atoms with Crippen LogP contribution in [0.15, 0.2) is 36.0 Å². The number of nitrogens with zero attached hydrogens (tertiary/aromatic N) is 1. The molecule has 0 aromatic heterocycles. The summed E-state index contributed by atoms with van der Waals surface area (Å²) in [5.74, 6) is 0.0778. The Morgan fingerprint density at radius 1 is 1.42 bits per heavy atom. The van der Waals surface area contributed by atoms with E-state index in [2.05, 4.69) is 5.32 Å². The number of anilines is 1. The van der Waals surface area contributed by atoms with Crippen molar-refractivity contribution < 1.29 is 14.3 Å². The smallest absolute Gasteiger partial charge is 0.350 e. The first-order valence-electron chi connectivity index (χ1n) is 5.98. The second-order valence-electron chi connectivity index (χ2n) is 3.50. The summed E-state index contributed by atoms with van der Waals surface area (Å²) in [4.78, 5) is 11.4. The van der Waals surface area contributed by atoms with Crippen molar-refractivity contribution in [2.45, 2.75) is 13.8 Å². The van der Waals surface area contributed by atoms with Crippen LogP contribution >= 0.6 is 0 Å². The van der Waals surface area contributed by atoms with E-state index in [1.54, 1.807) is 25.1 Å². The summed E-state index contributed by atoms with van der Waals surface area (Å²) in [6.45, 7) is 4.39. The van der Waals surface area contributed by atoms with Crippen LogP contribution in [0, 0.1) is 11.3 Å². The molecule has 5 heteroatoms. The van der Waals surface area contributed by atoms with Crippen LogP contribution in [-0.4, -0.2) is 19.2 Å². The first kappa shape index (κ1) is 14.6. The first-order valence-corrected chi connectivity index (χ1v) is 5.98. The van der Waals surface area contributed by atoms with E-state index in [1.165, 1.54) is 6.20 Å². The van der Waals surface area contributed by atoms with Crippen LogP contribution in [0.2, 0.25) is 0 Å². The predicted octanol–water partition coefficient (Wildman–Crippen LogP) is 2.47. The molecule has 0 unspecified atom stereocenters. The largest absolute Gasteiger partial charge is 0.494 e. The number of rotatable bonds is 6. The van der Waals surface area contributed by atoms with Gasteiger partial charge in [0.2, 0.25) is 0 Å². The molecule has 0 amide bonds. The quantitative estimate of drug-likeness (QED) is 0.483. The second kappa shape index (κ2) is 7.77.